The molecule has 4 heteroatoms. The first-order chi connectivity index (χ1) is 8.41. The van der Waals surface area contributed by atoms with Gasteiger partial charge in [0.15, 0.2) is 0 Å². The summed E-state index contributed by atoms with van der Waals surface area (Å²) in [7, 11) is 1.82. The van der Waals surface area contributed by atoms with Crippen LogP contribution in [0.15, 0.2) is 24.3 Å². The third kappa shape index (κ3) is 2.34. The second-order valence-electron chi connectivity index (χ2n) is 5.30. The van der Waals surface area contributed by atoms with Crippen molar-refractivity contribution in [3.63, 3.8) is 0 Å². The predicted molar refractivity (Wildman–Crippen MR) is 68.9 cm³/mol. The average Bonchev–Trinajstić information content (AvgIpc) is 2.70. The summed E-state index contributed by atoms with van der Waals surface area (Å²) in [4.78, 5) is 13.0. The lowest BCUT2D eigenvalue weighted by Crippen LogP contribution is -2.51. The molecule has 2 rings (SSSR count). The van der Waals surface area contributed by atoms with Gasteiger partial charge in [-0.25, -0.2) is 0 Å². The number of hydrogen-bond acceptors (Lipinski definition) is 3. The van der Waals surface area contributed by atoms with Crippen molar-refractivity contribution in [2.75, 3.05) is 13.6 Å². The molecule has 18 heavy (non-hydrogen) atoms. The molecule has 1 aromatic rings. The monoisotopic (exact) mass is 249 g/mol. The summed E-state index contributed by atoms with van der Waals surface area (Å²) in [6.45, 7) is 4.02. The van der Waals surface area contributed by atoms with Gasteiger partial charge in [0.2, 0.25) is 0 Å². The highest BCUT2D eigenvalue weighted by Gasteiger charge is 2.35. The van der Waals surface area contributed by atoms with Crippen LogP contribution in [0.2, 0.25) is 0 Å². The second kappa shape index (κ2) is 4.61. The summed E-state index contributed by atoms with van der Waals surface area (Å²) < 4.78 is 5.82. The molecule has 1 aliphatic heterocycles. The quantitative estimate of drug-likeness (QED) is 0.883. The molecule has 1 atom stereocenters. The van der Waals surface area contributed by atoms with Gasteiger partial charge in [-0.2, -0.15) is 0 Å². The maximum atomic E-state index is 11.2. The molecule has 0 bridgehead atoms. The van der Waals surface area contributed by atoms with Crippen molar-refractivity contribution in [1.82, 2.24) is 4.90 Å². The van der Waals surface area contributed by atoms with Gasteiger partial charge in [0, 0.05) is 13.0 Å². The summed E-state index contributed by atoms with van der Waals surface area (Å²) >= 11 is 0. The molecular formula is C14H19NO3. The number of carboxylic acid groups (broad SMARTS) is 1. The van der Waals surface area contributed by atoms with Gasteiger partial charge >= 0.3 is 5.97 Å². The fourth-order valence-corrected chi connectivity index (χ4v) is 2.05. The molecule has 1 N–H and O–H groups in total. The van der Waals surface area contributed by atoms with Gasteiger partial charge in [0.1, 0.15) is 17.4 Å². The van der Waals surface area contributed by atoms with Crippen molar-refractivity contribution in [1.29, 1.82) is 0 Å². The zero-order valence-corrected chi connectivity index (χ0v) is 11.0. The highest BCUT2D eigenvalue weighted by atomic mass is 16.5. The highest BCUT2D eigenvalue weighted by Crippen LogP contribution is 2.29. The van der Waals surface area contributed by atoms with Crippen molar-refractivity contribution in [3.8, 4) is 5.75 Å². The number of hydrogen-bond donors (Lipinski definition) is 1. The number of aliphatic carboxylic acids is 1. The van der Waals surface area contributed by atoms with Crippen molar-refractivity contribution < 1.29 is 14.6 Å². The number of rotatable bonds is 4. The number of carbonyl (C=O) groups is 1. The van der Waals surface area contributed by atoms with E-state index in [1.165, 1.54) is 5.56 Å². The number of fused-ring (bicyclic) bond motifs is 1. The van der Waals surface area contributed by atoms with Crippen LogP contribution in [-0.4, -0.2) is 41.2 Å². The largest absolute Gasteiger partial charge is 0.488 e. The summed E-state index contributed by atoms with van der Waals surface area (Å²) in [6, 6.07) is 7.96. The van der Waals surface area contributed by atoms with Crippen LogP contribution in [0.25, 0.3) is 0 Å². The minimum atomic E-state index is -0.877. The predicted octanol–water partition coefficient (Wildman–Crippen LogP) is 1.79. The Hall–Kier alpha value is -1.55. The molecule has 0 radical (unpaired) electrons. The Balaban J connectivity index is 2.00. The molecule has 1 aliphatic rings. The third-order valence-electron chi connectivity index (χ3n) is 3.67. The van der Waals surface area contributed by atoms with E-state index < -0.39 is 11.5 Å². The van der Waals surface area contributed by atoms with Crippen LogP contribution in [-0.2, 0) is 11.2 Å². The Morgan fingerprint density at radius 2 is 2.17 bits per heavy atom. The lowest BCUT2D eigenvalue weighted by Gasteiger charge is -2.32. The first-order valence-corrected chi connectivity index (χ1v) is 6.10. The molecule has 1 heterocycles. The van der Waals surface area contributed by atoms with E-state index in [4.69, 9.17) is 4.74 Å². The van der Waals surface area contributed by atoms with Crippen LogP contribution in [0.5, 0.6) is 5.75 Å². The zero-order chi connectivity index (χ0) is 13.3. The number of ether oxygens (including phenoxy) is 1. The van der Waals surface area contributed by atoms with Crippen LogP contribution in [0.3, 0.4) is 0 Å². The van der Waals surface area contributed by atoms with Crippen LogP contribution in [0.1, 0.15) is 19.4 Å². The van der Waals surface area contributed by atoms with E-state index in [-0.39, 0.29) is 6.10 Å². The smallest absolute Gasteiger partial charge is 0.323 e. The molecule has 98 valence electrons. The van der Waals surface area contributed by atoms with Gasteiger partial charge in [-0.05, 0) is 32.5 Å². The normalized spacial score (nSPS) is 18.6. The van der Waals surface area contributed by atoms with Crippen molar-refractivity contribution in [2.24, 2.45) is 0 Å². The standard InChI is InChI=1S/C14H19NO3/c1-14(2,13(16)17)15(3)9-11-8-10-6-4-5-7-12(10)18-11/h4-7,11H,8-9H2,1-3H3,(H,16,17). The van der Waals surface area contributed by atoms with Gasteiger partial charge in [-0.15, -0.1) is 0 Å². The van der Waals surface area contributed by atoms with Crippen LogP contribution < -0.4 is 4.74 Å². The summed E-state index contributed by atoms with van der Waals surface area (Å²) in [5.41, 5.74) is 0.321. The minimum absolute atomic E-state index is 0.0334. The Morgan fingerprint density at radius 3 is 2.78 bits per heavy atom. The number of benzene rings is 1. The van der Waals surface area contributed by atoms with E-state index in [9.17, 15) is 9.90 Å². The number of likely N-dealkylation sites (N-methyl/N-ethyl adjacent to an activating group) is 1. The van der Waals surface area contributed by atoms with Gasteiger partial charge in [0.05, 0.1) is 0 Å². The van der Waals surface area contributed by atoms with E-state index >= 15 is 0 Å². The van der Waals surface area contributed by atoms with Gasteiger partial charge < -0.3 is 9.84 Å². The molecular weight excluding hydrogens is 230 g/mol. The maximum absolute atomic E-state index is 11.2. The van der Waals surface area contributed by atoms with E-state index in [1.807, 2.05) is 30.1 Å². The molecule has 0 saturated heterocycles. The van der Waals surface area contributed by atoms with Crippen molar-refractivity contribution in [3.05, 3.63) is 29.8 Å². The Bertz CT molecular complexity index is 431. The van der Waals surface area contributed by atoms with E-state index in [1.54, 1.807) is 13.8 Å². The fraction of sp³-hybridized carbons (Fsp3) is 0.500. The van der Waals surface area contributed by atoms with Crippen LogP contribution in [0.4, 0.5) is 0 Å². The minimum Gasteiger partial charge on any atom is -0.488 e. The van der Waals surface area contributed by atoms with E-state index in [0.717, 1.165) is 12.2 Å². The van der Waals surface area contributed by atoms with Crippen molar-refractivity contribution >= 4 is 5.97 Å². The topological polar surface area (TPSA) is 49.8 Å². The van der Waals surface area contributed by atoms with Gasteiger partial charge in [-0.3, -0.25) is 9.69 Å². The van der Waals surface area contributed by atoms with Gasteiger partial charge in [0.25, 0.3) is 0 Å². The summed E-state index contributed by atoms with van der Waals surface area (Å²) in [6.07, 6.45) is 0.877. The lowest BCUT2D eigenvalue weighted by molar-refractivity contribution is -0.149. The molecule has 1 aromatic carbocycles. The molecule has 4 nitrogen and oxygen atoms in total. The molecule has 0 saturated carbocycles. The fourth-order valence-electron chi connectivity index (χ4n) is 2.05. The third-order valence-corrected chi connectivity index (χ3v) is 3.67. The van der Waals surface area contributed by atoms with Crippen LogP contribution in [0, 0.1) is 0 Å². The molecule has 0 spiro atoms. The van der Waals surface area contributed by atoms with Crippen molar-refractivity contribution in [2.45, 2.75) is 31.9 Å². The second-order valence-corrected chi connectivity index (χ2v) is 5.30. The lowest BCUT2D eigenvalue weighted by atomic mass is 10.0. The van der Waals surface area contributed by atoms with Crippen LogP contribution >= 0.6 is 0 Å². The first kappa shape index (κ1) is 12.9. The van der Waals surface area contributed by atoms with E-state index in [0.29, 0.717) is 6.54 Å². The molecule has 0 aromatic heterocycles. The SMILES string of the molecule is CN(CC1Cc2ccccc2O1)C(C)(C)C(=O)O. The zero-order valence-electron chi connectivity index (χ0n) is 11.0. The summed E-state index contributed by atoms with van der Waals surface area (Å²) in [5.74, 6) is 0.101. The first-order valence-electron chi connectivity index (χ1n) is 6.10. The highest BCUT2D eigenvalue weighted by molar-refractivity contribution is 5.77. The molecule has 1 unspecified atom stereocenters. The number of carboxylic acids is 1. The molecule has 0 aliphatic carbocycles. The number of para-hydroxylation sites is 1. The molecule has 0 amide bonds. The Kier molecular flexibility index (Phi) is 3.30. The molecule has 0 fully saturated rings. The van der Waals surface area contributed by atoms with Gasteiger partial charge in [-0.1, -0.05) is 18.2 Å². The Morgan fingerprint density at radius 1 is 1.50 bits per heavy atom. The Labute approximate surface area is 107 Å². The average molecular weight is 249 g/mol. The number of nitrogens with zero attached hydrogens (tertiary/aromatic N) is 1. The summed E-state index contributed by atoms with van der Waals surface area (Å²) in [5, 5.41) is 9.18. The maximum Gasteiger partial charge on any atom is 0.323 e. The van der Waals surface area contributed by atoms with E-state index in [2.05, 4.69) is 6.07 Å².